The summed E-state index contributed by atoms with van der Waals surface area (Å²) in [7, 11) is 3.21. The Balaban J connectivity index is 0.00000120. The maximum Gasteiger partial charge on any atom is 0.179 e. The third-order valence-corrected chi connectivity index (χ3v) is 10.1. The number of methoxy groups -OCH3 is 1. The zero-order valence-electron chi connectivity index (χ0n) is 34.2. The third kappa shape index (κ3) is 10.6. The van der Waals surface area contributed by atoms with Gasteiger partial charge in [0.1, 0.15) is 11.6 Å². The van der Waals surface area contributed by atoms with E-state index in [0.717, 1.165) is 66.8 Å². The van der Waals surface area contributed by atoms with Gasteiger partial charge in [-0.1, -0.05) is 79.7 Å². The Bertz CT molecular complexity index is 1810. The molecule has 0 amide bonds. The van der Waals surface area contributed by atoms with E-state index in [-0.39, 0.29) is 23.7 Å². The van der Waals surface area contributed by atoms with Crippen LogP contribution in [0.5, 0.6) is 5.75 Å². The van der Waals surface area contributed by atoms with Crippen LogP contribution in [0.15, 0.2) is 61.0 Å². The Morgan fingerprint density at radius 1 is 0.943 bits per heavy atom. The number of ether oxygens (including phenoxy) is 1. The van der Waals surface area contributed by atoms with Crippen molar-refractivity contribution >= 4 is 5.65 Å². The number of imidazole rings is 1. The van der Waals surface area contributed by atoms with E-state index in [4.69, 9.17) is 14.7 Å². The lowest BCUT2D eigenvalue weighted by Gasteiger charge is -2.28. The van der Waals surface area contributed by atoms with Gasteiger partial charge < -0.3 is 20.2 Å². The molecule has 2 aliphatic rings. The van der Waals surface area contributed by atoms with Crippen molar-refractivity contribution in [2.75, 3.05) is 27.2 Å². The number of aromatic nitrogens is 3. The lowest BCUT2D eigenvalue weighted by molar-refractivity contribution is 0.416. The maximum atomic E-state index is 15.5. The molecule has 6 nitrogen and oxygen atoms in total. The number of allylic oxidation sites excluding steroid dienone is 4. The molecule has 8 heteroatoms. The van der Waals surface area contributed by atoms with E-state index < -0.39 is 11.6 Å². The molecule has 3 N–H and O–H groups in total. The largest absolute Gasteiger partial charge is 0.493 e. The van der Waals surface area contributed by atoms with E-state index in [9.17, 15) is 4.39 Å². The van der Waals surface area contributed by atoms with Crippen molar-refractivity contribution < 1.29 is 13.5 Å². The number of rotatable bonds is 13. The van der Waals surface area contributed by atoms with Gasteiger partial charge in [-0.05, 0) is 111 Å². The number of nitrogens with two attached hydrogens (primary N) is 1. The van der Waals surface area contributed by atoms with Crippen molar-refractivity contribution in [3.8, 4) is 17.0 Å². The Hall–Kier alpha value is -3.88. The minimum Gasteiger partial charge on any atom is -0.493 e. The first-order valence-corrected chi connectivity index (χ1v) is 19.9. The second kappa shape index (κ2) is 21.1. The first-order valence-electron chi connectivity index (χ1n) is 19.9. The highest BCUT2D eigenvalue weighted by atomic mass is 19.1. The quantitative estimate of drug-likeness (QED) is 0.134. The van der Waals surface area contributed by atoms with Crippen LogP contribution in [0.25, 0.3) is 16.9 Å². The molecule has 290 valence electrons. The van der Waals surface area contributed by atoms with Crippen molar-refractivity contribution in [3.63, 3.8) is 0 Å². The first kappa shape index (κ1) is 43.5. The van der Waals surface area contributed by atoms with Crippen LogP contribution < -0.4 is 15.8 Å². The van der Waals surface area contributed by atoms with Crippen LogP contribution in [-0.4, -0.2) is 41.6 Å². The molecule has 6 rings (SSSR count). The summed E-state index contributed by atoms with van der Waals surface area (Å²) in [4.78, 5) is 10.1. The van der Waals surface area contributed by atoms with E-state index >= 15 is 4.39 Å². The number of nitrogens with zero attached hydrogens (tertiary/aromatic N) is 3. The minimum atomic E-state index is -0.570. The zero-order valence-corrected chi connectivity index (χ0v) is 34.2. The second-order valence-corrected chi connectivity index (χ2v) is 13.8. The molecule has 1 aromatic carbocycles. The fourth-order valence-corrected chi connectivity index (χ4v) is 6.89. The molecule has 3 atom stereocenters. The number of benzene rings is 1. The van der Waals surface area contributed by atoms with Crippen molar-refractivity contribution in [2.24, 2.45) is 11.7 Å². The molecule has 0 radical (unpaired) electrons. The molecular weight excluding hydrogens is 665 g/mol. The summed E-state index contributed by atoms with van der Waals surface area (Å²) in [5.74, 6) is 0.815. The highest BCUT2D eigenvalue weighted by molar-refractivity contribution is 5.67. The first-order chi connectivity index (χ1) is 25.7. The Kier molecular flexibility index (Phi) is 17.3. The molecule has 2 aliphatic carbocycles. The molecule has 3 aromatic heterocycles. The summed E-state index contributed by atoms with van der Waals surface area (Å²) >= 11 is 0. The predicted molar refractivity (Wildman–Crippen MR) is 219 cm³/mol. The molecule has 0 spiro atoms. The summed E-state index contributed by atoms with van der Waals surface area (Å²) < 4.78 is 38.1. The molecule has 1 saturated carbocycles. The van der Waals surface area contributed by atoms with Crippen LogP contribution in [0.3, 0.4) is 0 Å². The number of nitrogens with one attached hydrogen (secondary N) is 1. The summed E-state index contributed by atoms with van der Waals surface area (Å²) in [6.07, 6.45) is 18.1. The average molecular weight is 730 g/mol. The maximum absolute atomic E-state index is 15.5. The summed E-state index contributed by atoms with van der Waals surface area (Å²) in [5.41, 5.74) is 12.3. The third-order valence-electron chi connectivity index (χ3n) is 10.1. The van der Waals surface area contributed by atoms with Gasteiger partial charge in [0.2, 0.25) is 0 Å². The van der Waals surface area contributed by atoms with Crippen LogP contribution in [0.2, 0.25) is 0 Å². The van der Waals surface area contributed by atoms with E-state index in [2.05, 4.69) is 78.1 Å². The molecule has 0 aliphatic heterocycles. The van der Waals surface area contributed by atoms with Crippen molar-refractivity contribution in [2.45, 2.75) is 118 Å². The van der Waals surface area contributed by atoms with Gasteiger partial charge in [0.25, 0.3) is 0 Å². The van der Waals surface area contributed by atoms with Crippen molar-refractivity contribution in [1.82, 2.24) is 19.7 Å². The SMILES string of the molecule is CC.CC.CCC(C)c1cc(C(CNCCc2cc(OC)c3nc(C4CC4)cn3c2)C2C=CC=CC2)nc(-c2cc(C(C)C)c(F)cc2F)c1C.CN. The van der Waals surface area contributed by atoms with Crippen LogP contribution in [-0.2, 0) is 6.42 Å². The Labute approximate surface area is 318 Å². The molecule has 3 unspecified atom stereocenters. The van der Waals surface area contributed by atoms with Gasteiger partial charge in [0.15, 0.2) is 11.4 Å². The number of hydrogen-bond acceptors (Lipinski definition) is 5. The fourth-order valence-electron chi connectivity index (χ4n) is 6.89. The van der Waals surface area contributed by atoms with Crippen LogP contribution in [0, 0.1) is 24.5 Å². The minimum absolute atomic E-state index is 0.0678. The topological polar surface area (TPSA) is 77.5 Å². The van der Waals surface area contributed by atoms with E-state index in [1.807, 2.05) is 48.5 Å². The van der Waals surface area contributed by atoms with Crippen molar-refractivity contribution in [1.29, 1.82) is 0 Å². The standard InChI is InChI=1S/C40H48F2N4O.2C2H6.CH5N/c1-7-25(4)31-19-36(44-39(26(31)5)32-18-30(24(2)3)34(41)20-35(32)42)33(28-11-9-8-10-12-28)21-43-16-15-27-17-38(47-6)40-45-37(29-13-14-29)23-46(40)22-27;3*1-2/h8-11,17-20,22-25,28-29,33,43H,7,12-16,21H2,1-6H3;2*1-2H3;2H2,1H3. The number of pyridine rings is 2. The number of halogens is 2. The highest BCUT2D eigenvalue weighted by Gasteiger charge is 2.28. The monoisotopic (exact) mass is 730 g/mol. The molecule has 0 bridgehead atoms. The van der Waals surface area contributed by atoms with E-state index in [0.29, 0.717) is 22.7 Å². The smallest absolute Gasteiger partial charge is 0.179 e. The lowest BCUT2D eigenvalue weighted by Crippen LogP contribution is -2.29. The summed E-state index contributed by atoms with van der Waals surface area (Å²) in [6.45, 7) is 19.8. The fraction of sp³-hybridized carbons (Fsp3) is 0.511. The molecular formula is C45H65F2N5O. The summed E-state index contributed by atoms with van der Waals surface area (Å²) in [6, 6.07) is 7.04. The Morgan fingerprint density at radius 3 is 2.26 bits per heavy atom. The molecule has 1 fully saturated rings. The number of fused-ring (bicyclic) bond motifs is 1. The predicted octanol–water partition coefficient (Wildman–Crippen LogP) is 11.2. The lowest BCUT2D eigenvalue weighted by atomic mass is 9.82. The molecule has 0 saturated heterocycles. The molecule has 4 aromatic rings. The molecule has 53 heavy (non-hydrogen) atoms. The van der Waals surface area contributed by atoms with Gasteiger partial charge >= 0.3 is 0 Å². The van der Waals surface area contributed by atoms with Crippen molar-refractivity contribution in [3.05, 3.63) is 106 Å². The van der Waals surface area contributed by atoms with Crippen LogP contribution >= 0.6 is 0 Å². The van der Waals surface area contributed by atoms with Gasteiger partial charge in [-0.15, -0.1) is 0 Å². The zero-order chi connectivity index (χ0) is 39.2. The van der Waals surface area contributed by atoms with Gasteiger partial charge in [0.05, 0.1) is 18.5 Å². The summed E-state index contributed by atoms with van der Waals surface area (Å²) in [5, 5.41) is 3.74. The van der Waals surface area contributed by atoms with E-state index in [1.165, 1.54) is 31.0 Å². The van der Waals surface area contributed by atoms with Gasteiger partial charge in [-0.2, -0.15) is 0 Å². The highest BCUT2D eigenvalue weighted by Crippen LogP contribution is 2.41. The number of hydrogen-bond donors (Lipinski definition) is 2. The normalized spacial score (nSPS) is 15.9. The van der Waals surface area contributed by atoms with Gasteiger partial charge in [-0.3, -0.25) is 4.98 Å². The van der Waals surface area contributed by atoms with Gasteiger partial charge in [0, 0.05) is 48.1 Å². The average Bonchev–Trinajstić information content (AvgIpc) is 3.95. The Morgan fingerprint density at radius 2 is 1.66 bits per heavy atom. The van der Waals surface area contributed by atoms with E-state index in [1.54, 1.807) is 13.2 Å². The van der Waals surface area contributed by atoms with Crippen LogP contribution in [0.4, 0.5) is 8.78 Å². The molecule has 3 heterocycles. The second-order valence-electron chi connectivity index (χ2n) is 13.8. The van der Waals surface area contributed by atoms with Gasteiger partial charge in [-0.25, -0.2) is 13.8 Å². The van der Waals surface area contributed by atoms with Crippen LogP contribution in [0.1, 0.15) is 138 Å².